The molecule has 0 unspecified atom stereocenters. The van der Waals surface area contributed by atoms with Gasteiger partial charge >= 0.3 is 30.2 Å². The molecule has 5 heteroatoms. The van der Waals surface area contributed by atoms with Gasteiger partial charge in [0.1, 0.15) is 0 Å². The Kier molecular flexibility index (Phi) is 137. The molecule has 0 atom stereocenters. The molecule has 1 aliphatic rings. The van der Waals surface area contributed by atoms with Crippen molar-refractivity contribution in [1.82, 2.24) is 4.98 Å². The van der Waals surface area contributed by atoms with Crippen LogP contribution in [0.25, 0.3) is 0 Å². The molecule has 0 aromatic carbocycles. The maximum Gasteiger partial charge on any atom is -0.108 e. The first-order chi connectivity index (χ1) is 6.00. The molecule has 1 aromatic heterocycles. The van der Waals surface area contributed by atoms with Crippen LogP contribution in [0.2, 0.25) is 0 Å². The molecule has 1 aromatic rings. The van der Waals surface area contributed by atoms with E-state index in [0.29, 0.717) is 0 Å². The van der Waals surface area contributed by atoms with Crippen LogP contribution in [-0.2, 0) is 23.3 Å². The summed E-state index contributed by atoms with van der Waals surface area (Å²) in [6, 6.07) is 3.71. The summed E-state index contributed by atoms with van der Waals surface area (Å²) in [4.78, 5) is 2.74. The fourth-order valence-electron chi connectivity index (χ4n) is 0.581. The predicted molar refractivity (Wildman–Crippen MR) is 96.3 cm³/mol. The summed E-state index contributed by atoms with van der Waals surface area (Å²) in [6.45, 7) is 1.95. The van der Waals surface area contributed by atoms with Crippen molar-refractivity contribution in [3.63, 3.8) is 0 Å². The van der Waals surface area contributed by atoms with E-state index >= 15 is 0 Å². The molecular weight excluding hydrogens is 372 g/mol. The smallest absolute Gasteiger partial charge is 0.108 e. The van der Waals surface area contributed by atoms with E-state index in [9.17, 15) is 0 Å². The van der Waals surface area contributed by atoms with Crippen LogP contribution in [0.5, 0.6) is 0 Å². The minimum Gasteiger partial charge on any atom is -0.484 e. The van der Waals surface area contributed by atoms with E-state index in [0.717, 1.165) is 6.42 Å². The molecule has 0 aliphatic heterocycles. The van der Waals surface area contributed by atoms with E-state index in [1.165, 1.54) is 0 Å². The maximum absolute atomic E-state index is 2.99. The van der Waals surface area contributed by atoms with Crippen LogP contribution in [-0.4, -0.2) is 11.9 Å². The summed E-state index contributed by atoms with van der Waals surface area (Å²) in [6.07, 6.45) is 14.6. The number of rotatable bonds is 0. The number of allylic oxidation sites excluding steroid dienone is 4. The van der Waals surface area contributed by atoms with E-state index in [-0.39, 0.29) is 61.9 Å². The Hall–Kier alpha value is 0.440. The number of hydrogen-bond acceptors (Lipinski definition) is 0. The summed E-state index contributed by atoms with van der Waals surface area (Å²) < 4.78 is 0. The quantitative estimate of drug-likeness (QED) is 0.494. The fourth-order valence-corrected chi connectivity index (χ4v) is 0.581. The van der Waals surface area contributed by atoms with Crippen LogP contribution in [0.3, 0.4) is 0 Å². The molecular formula is C14H28Cl2NSiZr-7. The molecule has 0 saturated heterocycles. The predicted octanol–water partition coefficient (Wildman–Crippen LogP) is 4.30. The van der Waals surface area contributed by atoms with Gasteiger partial charge in [-0.1, -0.05) is 0 Å². The molecule has 0 spiro atoms. The van der Waals surface area contributed by atoms with Crippen LogP contribution < -0.4 is 0 Å². The van der Waals surface area contributed by atoms with Crippen molar-refractivity contribution in [2.75, 3.05) is 0 Å². The van der Waals surface area contributed by atoms with Gasteiger partial charge in [0.2, 0.25) is 0 Å². The Morgan fingerprint density at radius 1 is 1.00 bits per heavy atom. The molecule has 118 valence electrons. The first-order valence-electron chi connectivity index (χ1n) is 3.56. The number of H-pyrrole nitrogens is 1. The molecule has 19 heavy (non-hydrogen) atoms. The van der Waals surface area contributed by atoms with Crippen LogP contribution in [0.1, 0.15) is 6.42 Å². The Morgan fingerprint density at radius 2 is 1.53 bits per heavy atom. The van der Waals surface area contributed by atoms with Gasteiger partial charge in [-0.05, 0) is 0 Å². The number of hydrogen-bond donors (Lipinski definition) is 1. The van der Waals surface area contributed by atoms with Crippen molar-refractivity contribution < 1.29 is 23.3 Å². The van der Waals surface area contributed by atoms with Crippen molar-refractivity contribution in [3.8, 4) is 0 Å². The van der Waals surface area contributed by atoms with E-state index < -0.39 is 0 Å². The molecule has 1 N–H and O–H groups in total. The SMILES string of the molecule is Cl.Cl.[C-]1=CC=CC1.[CH3-].[CH3-].[CH3-].[CH3-].[CH3-].[SiH2]=[Zr].[c-]1ccc[nH]1. The zero-order valence-corrected chi connectivity index (χ0v) is 18.2. The second-order valence-corrected chi connectivity index (χ2v) is 1.82. The summed E-state index contributed by atoms with van der Waals surface area (Å²) in [5, 5.41) is 0. The molecule has 1 heterocycles. The summed E-state index contributed by atoms with van der Waals surface area (Å²) in [7, 11) is 0. The summed E-state index contributed by atoms with van der Waals surface area (Å²) >= 11 is 1.58. The molecule has 0 amide bonds. The molecule has 0 saturated carbocycles. The van der Waals surface area contributed by atoms with Gasteiger partial charge in [-0.15, -0.1) is 37.4 Å². The Balaban J connectivity index is -0.0000000142. The third-order valence-electron chi connectivity index (χ3n) is 1.03. The largest absolute Gasteiger partial charge is 0.484 e. The molecule has 1 aliphatic carbocycles. The van der Waals surface area contributed by atoms with Crippen molar-refractivity contribution in [3.05, 3.63) is 86.0 Å². The summed E-state index contributed by atoms with van der Waals surface area (Å²) in [5.41, 5.74) is 0. The maximum atomic E-state index is 2.99. The number of aromatic nitrogens is 1. The standard InChI is InChI=1S/C5H5.C4H4N.5CH3.2ClH.H2Si.Zr/c2*1-2-4-5-3-1;;;;;;;;;/h1-3H,4H2;1-3,5H;5*1H3;2*1H;1H2;/q7*-1;;;;. The molecule has 0 fully saturated rings. The minimum absolute atomic E-state index is 0. The van der Waals surface area contributed by atoms with Crippen LogP contribution in [0.15, 0.2) is 36.6 Å². The van der Waals surface area contributed by atoms with E-state index in [1.54, 1.807) is 23.3 Å². The third-order valence-corrected chi connectivity index (χ3v) is 1.03. The van der Waals surface area contributed by atoms with E-state index in [4.69, 9.17) is 0 Å². The van der Waals surface area contributed by atoms with Crippen LogP contribution in [0.4, 0.5) is 0 Å². The molecule has 1 nitrogen and oxygen atoms in total. The number of aromatic amines is 1. The van der Waals surface area contributed by atoms with E-state index in [2.05, 4.69) is 23.3 Å². The Labute approximate surface area is 151 Å². The van der Waals surface area contributed by atoms with Gasteiger partial charge in [0.25, 0.3) is 0 Å². The Morgan fingerprint density at radius 3 is 1.63 bits per heavy atom. The van der Waals surface area contributed by atoms with Gasteiger partial charge in [0.15, 0.2) is 0 Å². The van der Waals surface area contributed by atoms with Gasteiger partial charge in [-0.25, -0.2) is 12.2 Å². The molecule has 0 radical (unpaired) electrons. The van der Waals surface area contributed by atoms with Crippen molar-refractivity contribution in [2.45, 2.75) is 6.42 Å². The van der Waals surface area contributed by atoms with Crippen LogP contribution in [0, 0.1) is 49.4 Å². The zero-order valence-electron chi connectivity index (χ0n) is 12.7. The average molecular weight is 401 g/mol. The van der Waals surface area contributed by atoms with Gasteiger partial charge in [0, 0.05) is 0 Å². The van der Waals surface area contributed by atoms with Crippen molar-refractivity contribution in [2.24, 2.45) is 0 Å². The Bertz CT molecular complexity index is 200. The first kappa shape index (κ1) is 50.5. The first-order valence-corrected chi connectivity index (χ1v) is 9.49. The van der Waals surface area contributed by atoms with Gasteiger partial charge in [0.05, 0.1) is 0 Å². The third kappa shape index (κ3) is 45.7. The number of halogens is 2. The molecule has 2 rings (SSSR count). The van der Waals surface area contributed by atoms with Crippen molar-refractivity contribution in [1.29, 1.82) is 0 Å². The zero-order chi connectivity index (χ0) is 9.07. The van der Waals surface area contributed by atoms with Gasteiger partial charge in [-0.2, -0.15) is 24.4 Å². The normalized spacial score (nSPS) is 6.89. The fraction of sp³-hybridized carbons (Fsp3) is 0.0714. The second-order valence-electron chi connectivity index (χ2n) is 1.82. The van der Waals surface area contributed by atoms with Crippen molar-refractivity contribution >= 4 is 31.7 Å². The van der Waals surface area contributed by atoms with Crippen LogP contribution >= 0.6 is 24.8 Å². The molecule has 0 bridgehead atoms. The second kappa shape index (κ2) is 51.5. The topological polar surface area (TPSA) is 15.8 Å². The minimum atomic E-state index is 0. The van der Waals surface area contributed by atoms with Gasteiger partial charge < -0.3 is 42.1 Å². The average Bonchev–Trinajstić information content (AvgIpc) is 2.87. The number of nitrogens with one attached hydrogen (secondary N) is 1. The van der Waals surface area contributed by atoms with E-state index in [1.807, 2.05) is 37.4 Å². The van der Waals surface area contributed by atoms with Gasteiger partial charge in [-0.3, -0.25) is 6.08 Å². The monoisotopic (exact) mass is 398 g/mol. The summed E-state index contributed by atoms with van der Waals surface area (Å²) in [5.74, 6) is 0.